The van der Waals surface area contributed by atoms with E-state index in [9.17, 15) is 18.2 Å². The number of aliphatic hydroxyl groups excluding tert-OH is 1. The Morgan fingerprint density at radius 2 is 1.89 bits per heavy atom. The number of fused-ring (bicyclic) bond motifs is 4. The maximum absolute atomic E-state index is 14.1. The van der Waals surface area contributed by atoms with Crippen LogP contribution in [0.15, 0.2) is 63.9 Å². The van der Waals surface area contributed by atoms with Crippen LogP contribution in [0, 0.1) is 5.82 Å². The lowest BCUT2D eigenvalue weighted by molar-refractivity contribution is 0.103. The summed E-state index contributed by atoms with van der Waals surface area (Å²) in [5.74, 6) is 0.463. The van der Waals surface area contributed by atoms with Gasteiger partial charge in [0.25, 0.3) is 0 Å². The molecule has 0 bridgehead atoms. The number of pyridine rings is 1. The molecule has 1 fully saturated rings. The minimum atomic E-state index is -1.13. The zero-order valence-corrected chi connectivity index (χ0v) is 19.8. The average molecular weight is 510 g/mol. The average Bonchev–Trinajstić information content (AvgIpc) is 3.30. The van der Waals surface area contributed by atoms with E-state index in [4.69, 9.17) is 4.42 Å². The summed E-state index contributed by atoms with van der Waals surface area (Å²) in [6.45, 7) is 2.67. The van der Waals surface area contributed by atoms with Crippen LogP contribution >= 0.6 is 12.3 Å². The first-order valence-electron chi connectivity index (χ1n) is 11.5. The molecule has 1 aliphatic rings. The molecule has 8 nitrogen and oxygen atoms in total. The molecule has 0 amide bonds. The highest BCUT2D eigenvalue weighted by Gasteiger charge is 2.27. The molecule has 1 unspecified atom stereocenters. The lowest BCUT2D eigenvalue weighted by Gasteiger charge is -2.36. The van der Waals surface area contributed by atoms with Gasteiger partial charge in [-0.1, -0.05) is 18.2 Å². The maximum Gasteiger partial charge on any atom is 0.364 e. The Kier molecular flexibility index (Phi) is 5.82. The summed E-state index contributed by atoms with van der Waals surface area (Å²) in [5.41, 5.74) is -0.101. The molecule has 1 aliphatic heterocycles. The number of para-hydroxylation sites is 1. The Morgan fingerprint density at radius 1 is 1.08 bits per heavy atom. The van der Waals surface area contributed by atoms with E-state index in [0.29, 0.717) is 37.1 Å². The van der Waals surface area contributed by atoms with Crippen molar-refractivity contribution in [1.82, 2.24) is 18.8 Å². The van der Waals surface area contributed by atoms with Crippen LogP contribution < -0.4 is 10.5 Å². The molecule has 36 heavy (non-hydrogen) atoms. The number of hydrogen-bond acceptors (Lipinski definition) is 8. The predicted molar refractivity (Wildman–Crippen MR) is 135 cm³/mol. The van der Waals surface area contributed by atoms with E-state index >= 15 is 0 Å². The van der Waals surface area contributed by atoms with Gasteiger partial charge in [-0.15, -0.1) is 3.89 Å². The number of hydrogen-bond donors (Lipinski definition) is 1. The van der Waals surface area contributed by atoms with Crippen LogP contribution in [0.25, 0.3) is 32.8 Å². The quantitative estimate of drug-likeness (QED) is 0.355. The van der Waals surface area contributed by atoms with E-state index in [1.165, 1.54) is 12.1 Å². The summed E-state index contributed by atoms with van der Waals surface area (Å²) in [7, 11) is 0. The topological polar surface area (TPSA) is 87.6 Å². The van der Waals surface area contributed by atoms with Gasteiger partial charge in [-0.2, -0.15) is 0 Å². The monoisotopic (exact) mass is 509 g/mol. The molecule has 1 atom stereocenters. The number of aliphatic hydroxyl groups is 1. The fraction of sp³-hybridized carbons (Fsp3) is 0.240. The third kappa shape index (κ3) is 3.89. The standard InChI is InChI=1S/C25H21F2N5O3S/c26-16-6-5-15-7-8-28-23(18(15)13-16)31-11-9-30(10-12-31)14-19(33)24-29-21-22(32(24)36-27)17-3-1-2-4-20(17)35-25(21)34/h1-8,13,19,33H,9-12,14H2. The first-order chi connectivity index (χ1) is 17.5. The molecule has 1 saturated heterocycles. The molecule has 4 heterocycles. The lowest BCUT2D eigenvalue weighted by atomic mass is 10.1. The number of halogens is 2. The van der Waals surface area contributed by atoms with Crippen molar-refractivity contribution in [3.05, 3.63) is 76.8 Å². The van der Waals surface area contributed by atoms with Crippen LogP contribution in [0.2, 0.25) is 0 Å². The van der Waals surface area contributed by atoms with Gasteiger partial charge in [0.15, 0.2) is 23.7 Å². The number of anilines is 1. The van der Waals surface area contributed by atoms with Crippen molar-refractivity contribution in [2.45, 2.75) is 6.10 Å². The zero-order chi connectivity index (χ0) is 24.8. The molecule has 11 heteroatoms. The number of nitrogens with zero attached hydrogens (tertiary/aromatic N) is 5. The lowest BCUT2D eigenvalue weighted by Crippen LogP contribution is -2.48. The van der Waals surface area contributed by atoms with Crippen LogP contribution in [0.1, 0.15) is 11.9 Å². The number of benzene rings is 2. The highest BCUT2D eigenvalue weighted by Crippen LogP contribution is 2.31. The molecule has 0 saturated carbocycles. The van der Waals surface area contributed by atoms with Gasteiger partial charge in [-0.3, -0.25) is 4.90 Å². The van der Waals surface area contributed by atoms with E-state index in [-0.39, 0.29) is 41.6 Å². The Balaban J connectivity index is 1.23. The Bertz CT molecular complexity index is 1650. The molecular formula is C25H21F2N5O3S. The highest BCUT2D eigenvalue weighted by molar-refractivity contribution is 7.93. The largest absolute Gasteiger partial charge is 0.421 e. The fourth-order valence-electron chi connectivity index (χ4n) is 4.83. The van der Waals surface area contributed by atoms with Gasteiger partial charge >= 0.3 is 5.63 Å². The van der Waals surface area contributed by atoms with Gasteiger partial charge in [0, 0.05) is 49.7 Å². The van der Waals surface area contributed by atoms with Crippen LogP contribution in [-0.2, 0) is 0 Å². The number of β-amino-alcohol motifs (C(OH)–C–C–N with tert-alkyl or cyclic N) is 1. The number of piperazine rings is 1. The maximum atomic E-state index is 14.1. The molecule has 3 aromatic heterocycles. The third-order valence-corrected chi connectivity index (χ3v) is 7.08. The van der Waals surface area contributed by atoms with E-state index < -0.39 is 11.7 Å². The Labute approximate surface area is 208 Å². The Hall–Kier alpha value is -3.54. The predicted octanol–water partition coefficient (Wildman–Crippen LogP) is 4.07. The third-order valence-electron chi connectivity index (χ3n) is 6.58. The second-order valence-corrected chi connectivity index (χ2v) is 9.22. The van der Waals surface area contributed by atoms with Crippen molar-refractivity contribution in [3.63, 3.8) is 0 Å². The first kappa shape index (κ1) is 22.9. The van der Waals surface area contributed by atoms with Crippen LogP contribution in [0.4, 0.5) is 14.1 Å². The van der Waals surface area contributed by atoms with Crippen molar-refractivity contribution >= 4 is 50.9 Å². The molecule has 2 aromatic carbocycles. The number of aromatic nitrogens is 3. The van der Waals surface area contributed by atoms with Crippen molar-refractivity contribution < 1.29 is 17.8 Å². The van der Waals surface area contributed by atoms with Gasteiger partial charge < -0.3 is 14.4 Å². The second kappa shape index (κ2) is 9.16. The summed E-state index contributed by atoms with van der Waals surface area (Å²) >= 11 is -0.107. The van der Waals surface area contributed by atoms with Crippen LogP contribution in [0.5, 0.6) is 0 Å². The van der Waals surface area contributed by atoms with Gasteiger partial charge in [-0.25, -0.2) is 23.1 Å². The second-order valence-electron chi connectivity index (χ2n) is 8.72. The van der Waals surface area contributed by atoms with Crippen LogP contribution in [-0.4, -0.2) is 56.7 Å². The molecule has 1 N–H and O–H groups in total. The van der Waals surface area contributed by atoms with Gasteiger partial charge in [0.2, 0.25) is 0 Å². The van der Waals surface area contributed by atoms with Crippen molar-refractivity contribution in [2.75, 3.05) is 37.6 Å². The van der Waals surface area contributed by atoms with Crippen LogP contribution in [0.3, 0.4) is 0 Å². The van der Waals surface area contributed by atoms with Gasteiger partial charge in [0.1, 0.15) is 28.8 Å². The van der Waals surface area contributed by atoms with Crippen molar-refractivity contribution in [1.29, 1.82) is 0 Å². The normalized spacial score (nSPS) is 15.8. The summed E-state index contributed by atoms with van der Waals surface area (Å²) in [5, 5.41) is 13.2. The molecular weight excluding hydrogens is 488 g/mol. The minimum Gasteiger partial charge on any atom is -0.421 e. The number of imidazole rings is 1. The van der Waals surface area contributed by atoms with E-state index in [0.717, 1.165) is 20.6 Å². The van der Waals surface area contributed by atoms with E-state index in [1.807, 2.05) is 11.0 Å². The molecule has 0 radical (unpaired) electrons. The van der Waals surface area contributed by atoms with Crippen molar-refractivity contribution in [2.24, 2.45) is 0 Å². The first-order valence-corrected chi connectivity index (χ1v) is 12.1. The summed E-state index contributed by atoms with van der Waals surface area (Å²) in [6, 6.07) is 13.3. The van der Waals surface area contributed by atoms with E-state index in [1.54, 1.807) is 36.5 Å². The number of rotatable bonds is 5. The smallest absolute Gasteiger partial charge is 0.364 e. The zero-order valence-electron chi connectivity index (χ0n) is 19.0. The molecule has 6 rings (SSSR count). The molecule has 5 aromatic rings. The SMILES string of the molecule is O=c1oc2ccccc2c2c1nc(C(O)CN1CCN(c3nccc4ccc(F)cc34)CC1)n2SF. The van der Waals surface area contributed by atoms with E-state index in [2.05, 4.69) is 14.9 Å². The summed E-state index contributed by atoms with van der Waals surface area (Å²) < 4.78 is 34.4. The summed E-state index contributed by atoms with van der Waals surface area (Å²) in [6.07, 6.45) is 0.584. The Morgan fingerprint density at radius 3 is 2.69 bits per heavy atom. The molecule has 0 aliphatic carbocycles. The van der Waals surface area contributed by atoms with Crippen molar-refractivity contribution in [3.8, 4) is 0 Å². The highest BCUT2D eigenvalue weighted by atomic mass is 32.2. The molecule has 0 spiro atoms. The van der Waals surface area contributed by atoms with Gasteiger partial charge in [-0.05, 0) is 35.7 Å². The minimum absolute atomic E-state index is 0.0213. The summed E-state index contributed by atoms with van der Waals surface area (Å²) in [4.78, 5) is 25.4. The van der Waals surface area contributed by atoms with Gasteiger partial charge in [0.05, 0.1) is 0 Å². The molecule has 184 valence electrons. The fourth-order valence-corrected chi connectivity index (χ4v) is 5.31.